The molecule has 0 spiro atoms. The lowest BCUT2D eigenvalue weighted by molar-refractivity contribution is 0.0967. The lowest BCUT2D eigenvalue weighted by Gasteiger charge is -2.30. The molecule has 0 aromatic carbocycles. The second kappa shape index (κ2) is 5.34. The Kier molecular flexibility index (Phi) is 4.38. The summed E-state index contributed by atoms with van der Waals surface area (Å²) in [6.07, 6.45) is 1.70. The molecule has 0 atom stereocenters. The van der Waals surface area contributed by atoms with Gasteiger partial charge in [-0.3, -0.25) is 4.72 Å². The van der Waals surface area contributed by atoms with Crippen molar-refractivity contribution >= 4 is 18.9 Å². The van der Waals surface area contributed by atoms with Crippen LogP contribution in [0.2, 0.25) is 0 Å². The zero-order chi connectivity index (χ0) is 9.68. The van der Waals surface area contributed by atoms with Crippen LogP contribution in [0.15, 0.2) is 0 Å². The maximum atomic E-state index is 11.3. The number of likely N-dealkylation sites (tertiary alicyclic amines) is 1. The molecule has 0 aromatic heterocycles. The van der Waals surface area contributed by atoms with E-state index in [2.05, 4.69) is 17.5 Å². The molecule has 1 amide bonds. The van der Waals surface area contributed by atoms with Crippen LogP contribution in [-0.2, 0) is 4.74 Å². The quantitative estimate of drug-likeness (QED) is 0.660. The number of rotatable bonds is 2. The van der Waals surface area contributed by atoms with Crippen LogP contribution in [0.25, 0.3) is 0 Å². The van der Waals surface area contributed by atoms with E-state index < -0.39 is 0 Å². The van der Waals surface area contributed by atoms with E-state index in [9.17, 15) is 4.79 Å². The van der Waals surface area contributed by atoms with Gasteiger partial charge in [-0.15, -0.1) is 0 Å². The molecule has 1 heterocycles. The Balaban J connectivity index is 2.28. The molecule has 1 aliphatic rings. The Morgan fingerprint density at radius 2 is 2.23 bits per heavy atom. The van der Waals surface area contributed by atoms with Gasteiger partial charge in [0.25, 0.3) is 0 Å². The predicted octanol–water partition coefficient (Wildman–Crippen LogP) is 1.04. The van der Waals surface area contributed by atoms with Crippen LogP contribution in [0.3, 0.4) is 0 Å². The van der Waals surface area contributed by atoms with Gasteiger partial charge in [0.2, 0.25) is 0 Å². The third-order valence-corrected chi connectivity index (χ3v) is 2.57. The Morgan fingerprint density at radius 1 is 1.62 bits per heavy atom. The second-order valence-corrected chi connectivity index (χ2v) is 3.35. The van der Waals surface area contributed by atoms with E-state index in [1.165, 1.54) is 0 Å². The minimum Gasteiger partial charge on any atom is -0.450 e. The number of carbonyl (C=O) groups is 1. The van der Waals surface area contributed by atoms with Crippen molar-refractivity contribution < 1.29 is 9.53 Å². The number of nitrogens with one attached hydrogen (secondary N) is 1. The molecule has 0 aliphatic carbocycles. The fourth-order valence-corrected chi connectivity index (χ4v) is 1.66. The van der Waals surface area contributed by atoms with Crippen LogP contribution < -0.4 is 4.72 Å². The first-order valence-corrected chi connectivity index (χ1v) is 5.04. The number of ether oxygens (including phenoxy) is 1. The van der Waals surface area contributed by atoms with Crippen molar-refractivity contribution in [3.8, 4) is 0 Å². The number of carbonyl (C=O) groups excluding carboxylic acids is 1. The summed E-state index contributed by atoms with van der Waals surface area (Å²) in [5.74, 6) is 0. The average molecular weight is 204 g/mol. The van der Waals surface area contributed by atoms with Crippen molar-refractivity contribution in [3.63, 3.8) is 0 Å². The SMILES string of the molecule is CCOC(=O)N1CCC(NS)CC1. The number of hydrogen-bond donors (Lipinski definition) is 2. The minimum absolute atomic E-state index is 0.194. The van der Waals surface area contributed by atoms with Gasteiger partial charge in [-0.2, -0.15) is 0 Å². The van der Waals surface area contributed by atoms with Gasteiger partial charge in [0.05, 0.1) is 6.61 Å². The van der Waals surface area contributed by atoms with Gasteiger partial charge in [0.15, 0.2) is 0 Å². The summed E-state index contributed by atoms with van der Waals surface area (Å²) < 4.78 is 7.81. The lowest BCUT2D eigenvalue weighted by Crippen LogP contribution is -2.43. The average Bonchev–Trinajstić information content (AvgIpc) is 2.18. The van der Waals surface area contributed by atoms with E-state index in [0.29, 0.717) is 12.6 Å². The predicted molar refractivity (Wildman–Crippen MR) is 53.7 cm³/mol. The molecular formula is C8H16N2O2S. The molecule has 0 radical (unpaired) electrons. The monoisotopic (exact) mass is 204 g/mol. The van der Waals surface area contributed by atoms with Crippen LogP contribution in [0.4, 0.5) is 4.79 Å². The van der Waals surface area contributed by atoms with Gasteiger partial charge < -0.3 is 9.64 Å². The summed E-state index contributed by atoms with van der Waals surface area (Å²) in [6, 6.07) is 0.425. The van der Waals surface area contributed by atoms with E-state index in [0.717, 1.165) is 25.9 Å². The van der Waals surface area contributed by atoms with Crippen LogP contribution in [0, 0.1) is 0 Å². The number of piperidine rings is 1. The van der Waals surface area contributed by atoms with E-state index >= 15 is 0 Å². The van der Waals surface area contributed by atoms with E-state index in [4.69, 9.17) is 4.74 Å². The fourth-order valence-electron chi connectivity index (χ4n) is 1.41. The van der Waals surface area contributed by atoms with Crippen molar-refractivity contribution in [2.45, 2.75) is 25.8 Å². The van der Waals surface area contributed by atoms with Crippen LogP contribution in [0.5, 0.6) is 0 Å². The smallest absolute Gasteiger partial charge is 0.409 e. The number of nitrogens with zero attached hydrogens (tertiary/aromatic N) is 1. The molecular weight excluding hydrogens is 188 g/mol. The molecule has 0 saturated carbocycles. The van der Waals surface area contributed by atoms with Crippen molar-refractivity contribution in [1.29, 1.82) is 0 Å². The summed E-state index contributed by atoms with van der Waals surface area (Å²) in [5, 5.41) is 0. The highest BCUT2D eigenvalue weighted by molar-refractivity contribution is 7.78. The lowest BCUT2D eigenvalue weighted by atomic mass is 10.1. The second-order valence-electron chi connectivity index (χ2n) is 3.09. The maximum absolute atomic E-state index is 11.3. The zero-order valence-corrected chi connectivity index (χ0v) is 8.72. The van der Waals surface area contributed by atoms with Crippen molar-refractivity contribution in [2.75, 3.05) is 19.7 Å². The molecule has 13 heavy (non-hydrogen) atoms. The van der Waals surface area contributed by atoms with Crippen molar-refractivity contribution in [1.82, 2.24) is 9.62 Å². The normalized spacial score (nSPS) is 18.8. The van der Waals surface area contributed by atoms with Gasteiger partial charge >= 0.3 is 6.09 Å². The molecule has 0 unspecified atom stereocenters. The highest BCUT2D eigenvalue weighted by Gasteiger charge is 2.22. The number of hydrogen-bond acceptors (Lipinski definition) is 4. The zero-order valence-electron chi connectivity index (χ0n) is 7.82. The largest absolute Gasteiger partial charge is 0.450 e. The molecule has 1 aliphatic heterocycles. The summed E-state index contributed by atoms with van der Waals surface area (Å²) in [6.45, 7) is 3.79. The summed E-state index contributed by atoms with van der Waals surface area (Å²) in [4.78, 5) is 13.0. The topological polar surface area (TPSA) is 41.6 Å². The molecule has 1 fully saturated rings. The molecule has 0 bridgehead atoms. The highest BCUT2D eigenvalue weighted by atomic mass is 32.1. The Bertz CT molecular complexity index is 170. The van der Waals surface area contributed by atoms with E-state index in [1.807, 2.05) is 6.92 Å². The Hall–Kier alpha value is -0.420. The minimum atomic E-state index is -0.194. The molecule has 1 saturated heterocycles. The standard InChI is InChI=1S/C8H16N2O2S/c1-2-12-8(11)10-5-3-7(9-13)4-6-10/h7,9,13H,2-6H2,1H3. The Labute approximate surface area is 84.2 Å². The molecule has 76 valence electrons. The molecule has 5 heteroatoms. The third-order valence-electron chi connectivity index (χ3n) is 2.20. The third kappa shape index (κ3) is 3.08. The maximum Gasteiger partial charge on any atom is 0.409 e. The van der Waals surface area contributed by atoms with Crippen LogP contribution in [-0.4, -0.2) is 36.7 Å². The van der Waals surface area contributed by atoms with Crippen LogP contribution in [0.1, 0.15) is 19.8 Å². The van der Waals surface area contributed by atoms with E-state index in [1.54, 1.807) is 4.90 Å². The molecule has 4 nitrogen and oxygen atoms in total. The highest BCUT2D eigenvalue weighted by Crippen LogP contribution is 2.11. The molecule has 1 rings (SSSR count). The number of thiol groups is 1. The first kappa shape index (κ1) is 10.7. The summed E-state index contributed by atoms with van der Waals surface area (Å²) in [7, 11) is 0. The van der Waals surface area contributed by atoms with Gasteiger partial charge in [0, 0.05) is 19.1 Å². The summed E-state index contributed by atoms with van der Waals surface area (Å²) >= 11 is 4.00. The summed E-state index contributed by atoms with van der Waals surface area (Å²) in [5.41, 5.74) is 0. The van der Waals surface area contributed by atoms with Crippen molar-refractivity contribution in [3.05, 3.63) is 0 Å². The van der Waals surface area contributed by atoms with Crippen molar-refractivity contribution in [2.24, 2.45) is 0 Å². The Morgan fingerprint density at radius 3 is 2.69 bits per heavy atom. The van der Waals surface area contributed by atoms with Crippen LogP contribution >= 0.6 is 12.8 Å². The molecule has 1 N–H and O–H groups in total. The fraction of sp³-hybridized carbons (Fsp3) is 0.875. The van der Waals surface area contributed by atoms with Gasteiger partial charge in [-0.25, -0.2) is 4.79 Å². The number of amides is 1. The molecule has 0 aromatic rings. The van der Waals surface area contributed by atoms with Gasteiger partial charge in [0.1, 0.15) is 0 Å². The van der Waals surface area contributed by atoms with Gasteiger partial charge in [-0.1, -0.05) is 12.8 Å². The first-order chi connectivity index (χ1) is 6.27. The first-order valence-electron chi connectivity index (χ1n) is 4.59. The van der Waals surface area contributed by atoms with Gasteiger partial charge in [-0.05, 0) is 19.8 Å². The van der Waals surface area contributed by atoms with E-state index in [-0.39, 0.29) is 6.09 Å².